The number of amides is 12. The summed E-state index contributed by atoms with van der Waals surface area (Å²) in [4.78, 5) is 185. The molecule has 11 rings (SSSR count). The number of pyridine rings is 2. The van der Waals surface area contributed by atoms with Gasteiger partial charge in [-0.3, -0.25) is 77.9 Å². The Kier molecular flexibility index (Phi) is 63.3. The number of fused-ring (bicyclic) bond motifs is 16. The van der Waals surface area contributed by atoms with E-state index in [0.29, 0.717) is 83.2 Å². The number of aryl methyl sites for hydroxylation is 1. The standard InChI is InChI=1S/C23H34N4O6S2.C21H20N4O3.C15H15N3O2.C14H20N2O3.C13H19N3O3.C10H12O2.C8H16O2.Na/c1-6-15-20(29)27-19(13(4)5)23(32)33-14-8-7-9-34-35-11-16(21(30)24-15)25-22(31)18(12(2)3)26-17(28)10-14;22-18-5-1-2-6-19(18)25-20(26)17-9-7-15(8-10-17)13-24-21(27)28-14-16-4-3-11-23-12-16;1-10(19)17-12-8-6-11(7-9-12)15(20)18-14-5-3-2-4-13(14)16;17-13(15-12-8-4-3-5-9-12)10-6-1-2-7-11-14(18)16-19;17-12(15-11-6-5-9-14-10-11)7-3-1-2-4-8-13(18)16-19;11-10(12)8-4-7-9-5-2-1-3-6-9;1-3-5-7(6-4-2)8(9)10;/h6-8,12-14,16,18-19H,9-11H2,1-5H3,(H,24,30)(H,25,31)(H,26,28)(H,27,29);1-12H,13-14,22H2,(H,24,27)(H,25,26);2-9H,16H2,1H3,(H,17,19)(H,18,20);3-5,8-9,19H,1-2,6-7,10-11H2,(H,15,17)(H,16,18);5-6,9-10,19H,1-4,7-8H2,(H,15,17)(H,16,18);1-3,5-6H,4,7-8H2,(H,11,12);7H,3-6H2,1-2H3,(H,9,10);/q;;;;;;;+1/p-1/b8-7+,15-6-;;;;;;;/t14-,16-,18?,19+;;;;;;;/m1......./s1. The number of unbranched alkanes of at least 4 members (excludes halogenated alkanes) is 6. The maximum absolute atomic E-state index is 13.1. The van der Waals surface area contributed by atoms with Gasteiger partial charge in [0.25, 0.3) is 17.7 Å². The van der Waals surface area contributed by atoms with Gasteiger partial charge in [-0.25, -0.2) is 20.5 Å². The number of ether oxygens (including phenoxy) is 2. The number of hydrogen-bond acceptors (Lipinski definition) is 26. The van der Waals surface area contributed by atoms with Crippen LogP contribution in [-0.4, -0.2) is 150 Å². The van der Waals surface area contributed by atoms with E-state index in [2.05, 4.69) is 63.1 Å². The Morgan fingerprint density at radius 3 is 1.50 bits per heavy atom. The number of anilines is 7. The van der Waals surface area contributed by atoms with Crippen molar-refractivity contribution in [2.75, 3.05) is 49.6 Å². The van der Waals surface area contributed by atoms with Gasteiger partial charge in [-0.1, -0.05) is 205 Å². The molecule has 12 amide bonds. The molecular weight excluding hydrogens is 1900 g/mol. The van der Waals surface area contributed by atoms with Crippen molar-refractivity contribution in [3.8, 4) is 0 Å². The second-order valence-corrected chi connectivity index (χ2v) is 35.7. The van der Waals surface area contributed by atoms with E-state index in [0.717, 1.165) is 107 Å². The van der Waals surface area contributed by atoms with Crippen molar-refractivity contribution in [3.05, 3.63) is 259 Å². The molecule has 4 atom stereocenters. The Bertz CT molecular complexity index is 5250. The van der Waals surface area contributed by atoms with Gasteiger partial charge < -0.3 is 89.1 Å². The summed E-state index contributed by atoms with van der Waals surface area (Å²) in [5.74, 6) is -5.97. The number of carboxylic acids is 2. The molecule has 1 unspecified atom stereocenters. The van der Waals surface area contributed by atoms with E-state index in [1.807, 2.05) is 80.6 Å². The number of carbonyl (C=O) groups is 15. The van der Waals surface area contributed by atoms with Gasteiger partial charge in [0, 0.05) is 110 Å². The van der Waals surface area contributed by atoms with Gasteiger partial charge in [0.1, 0.15) is 36.5 Å². The minimum atomic E-state index is -1.00. The van der Waals surface area contributed by atoms with Gasteiger partial charge in [0.2, 0.25) is 47.3 Å². The fourth-order valence-corrected chi connectivity index (χ4v) is 15.0. The maximum atomic E-state index is 13.1. The molecule has 3 aliphatic rings. The molecule has 0 spiro atoms. The van der Waals surface area contributed by atoms with Gasteiger partial charge in [0.05, 0.1) is 41.1 Å². The quantitative estimate of drug-likeness (QED) is 0.00166. The number of para-hydroxylation sites is 5. The van der Waals surface area contributed by atoms with Crippen LogP contribution >= 0.6 is 21.6 Å². The first-order chi connectivity index (χ1) is 68.6. The number of rotatable bonds is 36. The minimum Gasteiger partial charge on any atom is -0.550 e. The molecule has 40 heteroatoms. The van der Waals surface area contributed by atoms with Crippen LogP contribution in [0.25, 0.3) is 0 Å². The number of hydroxylamine groups is 2. The first-order valence-corrected chi connectivity index (χ1v) is 49.6. The van der Waals surface area contributed by atoms with Crippen LogP contribution in [0.5, 0.6) is 0 Å². The summed E-state index contributed by atoms with van der Waals surface area (Å²) in [5.41, 5.74) is 22.9. The minimum absolute atomic E-state index is 0. The second kappa shape index (κ2) is 73.3. The summed E-state index contributed by atoms with van der Waals surface area (Å²) in [6.45, 7) is 14.5. The molecule has 1 fully saturated rings. The van der Waals surface area contributed by atoms with Crippen molar-refractivity contribution >= 4 is 150 Å². The Balaban J connectivity index is 0.000000445. The van der Waals surface area contributed by atoms with Crippen molar-refractivity contribution in [2.24, 2.45) is 17.8 Å². The molecule has 8 aromatic rings. The van der Waals surface area contributed by atoms with Crippen LogP contribution in [0.15, 0.2) is 231 Å². The zero-order valence-corrected chi connectivity index (χ0v) is 86.6. The molecule has 1 saturated heterocycles. The number of aromatic nitrogens is 2. The van der Waals surface area contributed by atoms with Crippen LogP contribution in [0.3, 0.4) is 0 Å². The van der Waals surface area contributed by atoms with Crippen LogP contribution < -0.4 is 110 Å². The van der Waals surface area contributed by atoms with Crippen LogP contribution in [0.1, 0.15) is 215 Å². The molecule has 3 aliphatic heterocycles. The van der Waals surface area contributed by atoms with Crippen molar-refractivity contribution in [1.29, 1.82) is 0 Å². The fourth-order valence-electron chi connectivity index (χ4n) is 13.1. The molecule has 2 aromatic heterocycles. The number of allylic oxidation sites excluding steroid dienone is 1. The Morgan fingerprint density at radius 2 is 1.02 bits per heavy atom. The molecule has 6 aromatic carbocycles. The van der Waals surface area contributed by atoms with Gasteiger partial charge in [-0.05, 0) is 184 Å². The van der Waals surface area contributed by atoms with E-state index in [1.54, 1.807) is 198 Å². The van der Waals surface area contributed by atoms with E-state index in [4.69, 9.17) is 36.5 Å². The third kappa shape index (κ3) is 54.4. The summed E-state index contributed by atoms with van der Waals surface area (Å²) in [6.07, 6.45) is 23.2. The van der Waals surface area contributed by atoms with Gasteiger partial charge in [-0.2, -0.15) is 0 Å². The predicted molar refractivity (Wildman–Crippen MR) is 551 cm³/mol. The number of nitrogens with one attached hydrogen (secondary N) is 12. The maximum Gasteiger partial charge on any atom is 1.00 e. The summed E-state index contributed by atoms with van der Waals surface area (Å²) in [6, 6.07) is 51.2. The van der Waals surface area contributed by atoms with E-state index in [9.17, 15) is 77.0 Å². The molecule has 5 heterocycles. The molecule has 19 N–H and O–H groups in total. The van der Waals surface area contributed by atoms with Crippen LogP contribution in [0, 0.1) is 17.8 Å². The number of nitrogen functional groups attached to an aromatic ring is 2. The average molecular weight is 2030 g/mol. The van der Waals surface area contributed by atoms with E-state index in [1.165, 1.54) is 40.2 Å². The average Bonchev–Trinajstić information content (AvgIpc) is 0.847. The van der Waals surface area contributed by atoms with Crippen LogP contribution in [-0.2, 0) is 86.6 Å². The number of nitrogens with two attached hydrogens (primary N) is 2. The smallest absolute Gasteiger partial charge is 0.550 e. The monoisotopic (exact) mass is 2030 g/mol. The molecule has 144 heavy (non-hydrogen) atoms. The van der Waals surface area contributed by atoms with E-state index < -0.39 is 71.9 Å². The number of esters is 1. The second-order valence-electron chi connectivity index (χ2n) is 33.2. The summed E-state index contributed by atoms with van der Waals surface area (Å²) < 4.78 is 10.7. The molecule has 0 aliphatic carbocycles. The first-order valence-electron chi connectivity index (χ1n) is 47.1. The molecule has 0 radical (unpaired) electrons. The van der Waals surface area contributed by atoms with Gasteiger partial charge in [-0.15, -0.1) is 0 Å². The van der Waals surface area contributed by atoms with E-state index >= 15 is 0 Å². The zero-order valence-electron chi connectivity index (χ0n) is 82.9. The molecule has 770 valence electrons. The number of carboxylic acid groups (broad SMARTS) is 2. The van der Waals surface area contributed by atoms with E-state index in [-0.39, 0.29) is 120 Å². The largest absolute Gasteiger partial charge is 1.00 e. The number of nitrogens with zero attached hydrogens (tertiary/aromatic N) is 2. The number of aliphatic carboxylic acids is 2. The third-order valence-corrected chi connectivity index (χ3v) is 23.0. The Morgan fingerprint density at radius 1 is 0.535 bits per heavy atom. The predicted octanol–water partition coefficient (Wildman–Crippen LogP) is 11.2. The summed E-state index contributed by atoms with van der Waals surface area (Å²) >= 11 is 0. The SMILES string of the molecule is C/C=C1\NC(=O)[C@H]2CSSC/C=C/[C@H](CC(=O)NC(C(C)C)C(=O)N2)OC(=O)[C@H](C(C)C)NC1=O.CC(=O)Nc1ccc(C(=O)Nc2ccccc2N)cc1.CCCC(CCC)C(=O)[O-].Nc1ccccc1NC(=O)c1ccc(CNC(=O)OCc2cccnc2)cc1.O=C(CCCCCCC(=O)Nc1ccccc1)NO.O=C(CCCCCCC(=O)Nc1cccnc1)NO.O=C(O)CCCc1ccccc1.[Na+]. The van der Waals surface area contributed by atoms with Crippen LogP contribution in [0.4, 0.5) is 44.6 Å². The van der Waals surface area contributed by atoms with Gasteiger partial charge >= 0.3 is 47.6 Å². The summed E-state index contributed by atoms with van der Waals surface area (Å²) in [5, 5.41) is 62.4. The zero-order chi connectivity index (χ0) is 105. The number of benzene rings is 6. The molecular formula is C104H135N16NaO21S2. The number of carbonyl (C=O) groups excluding carboxylic acids is 14. The van der Waals surface area contributed by atoms with Crippen molar-refractivity contribution in [3.63, 3.8) is 0 Å². The normalized spacial score (nSPS) is 14.7. The first kappa shape index (κ1) is 124. The number of hydrogen-bond donors (Lipinski definition) is 17. The molecule has 0 saturated carbocycles. The Labute approximate surface area is 870 Å². The van der Waals surface area contributed by atoms with Crippen molar-refractivity contribution < 1.29 is 132 Å². The fraction of sp³-hybridized carbons (Fsp3) is 0.375. The topological polar surface area (TPSA) is 580 Å². The Hall–Kier alpha value is -13.8. The van der Waals surface area contributed by atoms with Crippen molar-refractivity contribution in [2.45, 2.75) is 221 Å². The van der Waals surface area contributed by atoms with Gasteiger partial charge in [0.15, 0.2) is 0 Å². The van der Waals surface area contributed by atoms with Crippen molar-refractivity contribution in [1.82, 2.24) is 47.5 Å². The summed E-state index contributed by atoms with van der Waals surface area (Å²) in [7, 11) is 2.82. The van der Waals surface area contributed by atoms with Crippen LogP contribution in [0.2, 0.25) is 0 Å². The molecule has 2 bridgehead atoms. The number of alkyl carbamates (subject to hydrolysis) is 1. The molecule has 37 nitrogen and oxygen atoms in total. The third-order valence-electron chi connectivity index (χ3n) is 20.7.